The summed E-state index contributed by atoms with van der Waals surface area (Å²) in [4.78, 5) is 13.9. The van der Waals surface area contributed by atoms with E-state index in [1.165, 1.54) is 7.11 Å². The number of nitrogens with zero attached hydrogens (tertiary/aromatic N) is 1. The van der Waals surface area contributed by atoms with Gasteiger partial charge in [0.25, 0.3) is 5.24 Å². The van der Waals surface area contributed by atoms with Crippen LogP contribution < -0.4 is 0 Å². The predicted octanol–water partition coefficient (Wildman–Crippen LogP) is 0.806. The molecule has 0 spiro atoms. The number of halogens is 2. The molecule has 0 aromatic heterocycles. The van der Waals surface area contributed by atoms with E-state index in [0.717, 1.165) is 6.21 Å². The lowest BCUT2D eigenvalue weighted by molar-refractivity contribution is -0.106. The molecule has 0 heterocycles. The first kappa shape index (κ1) is 10.7. The Labute approximate surface area is 58.0 Å². The van der Waals surface area contributed by atoms with Crippen molar-refractivity contribution in [1.82, 2.24) is 0 Å². The van der Waals surface area contributed by atoms with E-state index in [0.29, 0.717) is 0 Å². The highest BCUT2D eigenvalue weighted by Crippen LogP contribution is 1.72. The molecule has 0 aliphatic heterocycles. The molecule has 0 rings (SSSR count). The van der Waals surface area contributed by atoms with Crippen LogP contribution in [0.4, 0.5) is 0 Å². The van der Waals surface area contributed by atoms with E-state index in [1.807, 2.05) is 0 Å². The molecule has 0 radical (unpaired) electrons. The number of carbonyl (C=O) groups is 1. The fraction of sp³-hybridized carbons (Fsp3) is 0.333. The van der Waals surface area contributed by atoms with Crippen LogP contribution in [-0.4, -0.2) is 18.6 Å². The number of oxime groups is 1. The molecule has 0 aliphatic carbocycles. The van der Waals surface area contributed by atoms with E-state index in [4.69, 9.17) is 11.6 Å². The summed E-state index contributed by atoms with van der Waals surface area (Å²) in [6.45, 7) is 0. The van der Waals surface area contributed by atoms with E-state index < -0.39 is 5.24 Å². The maximum Gasteiger partial charge on any atom is 0.266 e. The molecule has 0 amide bonds. The minimum Gasteiger partial charge on any atom is -0.399 e. The van der Waals surface area contributed by atoms with Gasteiger partial charge in [-0.05, 0) is 11.6 Å². The Morgan fingerprint density at radius 3 is 2.50 bits per heavy atom. The zero-order valence-electron chi connectivity index (χ0n) is 4.13. The summed E-state index contributed by atoms with van der Waals surface area (Å²) >= 11 is 4.79. The molecular weight excluding hydrogens is 153 g/mol. The van der Waals surface area contributed by atoms with E-state index in [2.05, 4.69) is 9.99 Å². The molecular formula is C3H5Cl2NO2. The van der Waals surface area contributed by atoms with Gasteiger partial charge < -0.3 is 4.84 Å². The van der Waals surface area contributed by atoms with Crippen LogP contribution in [0.3, 0.4) is 0 Å². The Morgan fingerprint density at radius 1 is 1.88 bits per heavy atom. The van der Waals surface area contributed by atoms with E-state index >= 15 is 0 Å². The molecule has 8 heavy (non-hydrogen) atoms. The van der Waals surface area contributed by atoms with E-state index in [1.54, 1.807) is 0 Å². The second kappa shape index (κ2) is 6.72. The standard InChI is InChI=1S/C3H4ClNO2.ClH/c1-7-5-2-3(4)6;/h2H,1H3;1H/b5-2-;. The first-order valence-electron chi connectivity index (χ1n) is 1.53. The molecule has 0 bridgehead atoms. The van der Waals surface area contributed by atoms with Crippen molar-refractivity contribution in [3.05, 3.63) is 0 Å². The zero-order chi connectivity index (χ0) is 5.70. The fourth-order valence-corrected chi connectivity index (χ4v) is 0.134. The van der Waals surface area contributed by atoms with Gasteiger partial charge in [-0.15, -0.1) is 12.4 Å². The molecule has 0 fully saturated rings. The number of carbonyl (C=O) groups excluding carboxylic acids is 1. The third-order valence-electron chi connectivity index (χ3n) is 0.260. The van der Waals surface area contributed by atoms with Crippen LogP contribution in [0.15, 0.2) is 5.16 Å². The van der Waals surface area contributed by atoms with Crippen LogP contribution in [0.25, 0.3) is 0 Å². The van der Waals surface area contributed by atoms with Gasteiger partial charge in [-0.3, -0.25) is 4.79 Å². The SMILES string of the molecule is CO/N=C\C(=O)Cl.Cl. The Hall–Kier alpha value is -0.280. The van der Waals surface area contributed by atoms with Gasteiger partial charge in [0.05, 0.1) is 0 Å². The highest BCUT2D eigenvalue weighted by molar-refractivity contribution is 6.77. The lowest BCUT2D eigenvalue weighted by atomic mass is 10.9. The number of hydrogen-bond donors (Lipinski definition) is 0. The molecule has 48 valence electrons. The minimum atomic E-state index is -0.637. The monoisotopic (exact) mass is 157 g/mol. The maximum absolute atomic E-state index is 9.74. The molecule has 5 heteroatoms. The molecule has 3 nitrogen and oxygen atoms in total. The second-order valence-electron chi connectivity index (χ2n) is 0.721. The summed E-state index contributed by atoms with van der Waals surface area (Å²) in [7, 11) is 1.33. The minimum absolute atomic E-state index is 0. The lowest BCUT2D eigenvalue weighted by Crippen LogP contribution is -1.84. The molecule has 0 aromatic rings. The molecule has 0 saturated heterocycles. The first-order chi connectivity index (χ1) is 3.27. The Balaban J connectivity index is 0. The first-order valence-corrected chi connectivity index (χ1v) is 1.91. The van der Waals surface area contributed by atoms with Crippen molar-refractivity contribution in [2.75, 3.05) is 7.11 Å². The highest BCUT2D eigenvalue weighted by atomic mass is 35.5. The molecule has 0 atom stereocenters. The third kappa shape index (κ3) is 9.21. The van der Waals surface area contributed by atoms with Gasteiger partial charge in [-0.2, -0.15) is 0 Å². The van der Waals surface area contributed by atoms with Crippen LogP contribution in [0.2, 0.25) is 0 Å². The normalized spacial score (nSPS) is 8.25. The quantitative estimate of drug-likeness (QED) is 0.338. The average Bonchev–Trinajstić information content (AvgIpc) is 1.61. The van der Waals surface area contributed by atoms with Crippen molar-refractivity contribution in [2.45, 2.75) is 0 Å². The van der Waals surface area contributed by atoms with Gasteiger partial charge in [-0.25, -0.2) is 0 Å². The number of hydrogen-bond acceptors (Lipinski definition) is 3. The molecule has 0 aliphatic rings. The molecule has 0 aromatic carbocycles. The summed E-state index contributed by atoms with van der Waals surface area (Å²) in [6.07, 6.45) is 0.877. The van der Waals surface area contributed by atoms with E-state index in [9.17, 15) is 4.79 Å². The van der Waals surface area contributed by atoms with E-state index in [-0.39, 0.29) is 12.4 Å². The van der Waals surface area contributed by atoms with Crippen LogP contribution in [-0.2, 0) is 9.63 Å². The maximum atomic E-state index is 9.74. The van der Waals surface area contributed by atoms with Crippen molar-refractivity contribution >= 4 is 35.5 Å². The van der Waals surface area contributed by atoms with Crippen LogP contribution >= 0.6 is 24.0 Å². The Bertz CT molecular complexity index is 93.3. The summed E-state index contributed by atoms with van der Waals surface area (Å²) in [5.41, 5.74) is 0. The van der Waals surface area contributed by atoms with Crippen molar-refractivity contribution in [3.8, 4) is 0 Å². The van der Waals surface area contributed by atoms with Crippen LogP contribution in [0, 0.1) is 0 Å². The Morgan fingerprint density at radius 2 is 2.38 bits per heavy atom. The van der Waals surface area contributed by atoms with Gasteiger partial charge in [0, 0.05) is 0 Å². The van der Waals surface area contributed by atoms with Crippen molar-refractivity contribution in [1.29, 1.82) is 0 Å². The largest absolute Gasteiger partial charge is 0.399 e. The summed E-state index contributed by atoms with van der Waals surface area (Å²) in [5.74, 6) is 0. The van der Waals surface area contributed by atoms with Gasteiger partial charge >= 0.3 is 0 Å². The summed E-state index contributed by atoms with van der Waals surface area (Å²) in [6, 6.07) is 0. The summed E-state index contributed by atoms with van der Waals surface area (Å²) in [5, 5.41) is 2.43. The Kier molecular flexibility index (Phi) is 8.95. The highest BCUT2D eigenvalue weighted by Gasteiger charge is 1.82. The van der Waals surface area contributed by atoms with Crippen LogP contribution in [0.5, 0.6) is 0 Å². The number of rotatable bonds is 2. The smallest absolute Gasteiger partial charge is 0.266 e. The predicted molar refractivity (Wildman–Crippen MR) is 33.6 cm³/mol. The molecule has 0 unspecified atom stereocenters. The molecule has 0 N–H and O–H groups in total. The topological polar surface area (TPSA) is 38.7 Å². The van der Waals surface area contributed by atoms with Gasteiger partial charge in [-0.1, -0.05) is 5.16 Å². The third-order valence-corrected chi connectivity index (χ3v) is 0.357. The van der Waals surface area contributed by atoms with Crippen molar-refractivity contribution < 1.29 is 9.63 Å². The van der Waals surface area contributed by atoms with Crippen LogP contribution in [0.1, 0.15) is 0 Å². The van der Waals surface area contributed by atoms with Gasteiger partial charge in [0.1, 0.15) is 13.3 Å². The zero-order valence-corrected chi connectivity index (χ0v) is 5.70. The molecule has 0 saturated carbocycles. The van der Waals surface area contributed by atoms with Crippen molar-refractivity contribution in [3.63, 3.8) is 0 Å². The average molecular weight is 158 g/mol. The summed E-state index contributed by atoms with van der Waals surface area (Å²) < 4.78 is 0. The lowest BCUT2D eigenvalue weighted by Gasteiger charge is -1.77. The van der Waals surface area contributed by atoms with Crippen molar-refractivity contribution in [2.24, 2.45) is 5.16 Å². The van der Waals surface area contributed by atoms with Gasteiger partial charge in [0.15, 0.2) is 0 Å². The van der Waals surface area contributed by atoms with Gasteiger partial charge in [0.2, 0.25) is 0 Å². The fourth-order valence-electron chi connectivity index (χ4n) is 0.0941. The second-order valence-corrected chi connectivity index (χ2v) is 1.09.